The maximum absolute atomic E-state index is 5.88. The number of fused-ring (bicyclic) bond motifs is 1. The van der Waals surface area contributed by atoms with Crippen LogP contribution in [-0.2, 0) is 4.74 Å². The minimum Gasteiger partial charge on any atom is -0.497 e. The second kappa shape index (κ2) is 7.12. The summed E-state index contributed by atoms with van der Waals surface area (Å²) >= 11 is 2.13. The minimum atomic E-state index is -0.00545. The molecule has 7 nitrogen and oxygen atoms in total. The summed E-state index contributed by atoms with van der Waals surface area (Å²) in [5.74, 6) is 1.46. The molecule has 1 atom stereocenters. The predicted molar refractivity (Wildman–Crippen MR) is 103 cm³/mol. The van der Waals surface area contributed by atoms with Gasteiger partial charge in [-0.1, -0.05) is 6.07 Å². The van der Waals surface area contributed by atoms with Crippen molar-refractivity contribution < 1.29 is 9.47 Å². The van der Waals surface area contributed by atoms with Gasteiger partial charge in [0.05, 0.1) is 13.4 Å². The van der Waals surface area contributed by atoms with Crippen LogP contribution in [0.15, 0.2) is 30.6 Å². The van der Waals surface area contributed by atoms with Crippen LogP contribution in [0.5, 0.6) is 5.75 Å². The fourth-order valence-corrected chi connectivity index (χ4v) is 3.44. The topological polar surface area (TPSA) is 74.1 Å². The van der Waals surface area contributed by atoms with E-state index >= 15 is 0 Å². The van der Waals surface area contributed by atoms with E-state index in [1.54, 1.807) is 13.4 Å². The van der Waals surface area contributed by atoms with Gasteiger partial charge in [-0.3, -0.25) is 4.57 Å². The van der Waals surface area contributed by atoms with Crippen LogP contribution in [0.4, 0.5) is 11.5 Å². The van der Waals surface area contributed by atoms with Crippen LogP contribution in [0.25, 0.3) is 11.2 Å². The highest BCUT2D eigenvalue weighted by Crippen LogP contribution is 2.29. The summed E-state index contributed by atoms with van der Waals surface area (Å²) in [4.78, 5) is 13.6. The van der Waals surface area contributed by atoms with E-state index in [0.717, 1.165) is 48.5 Å². The molecule has 8 heteroatoms. The maximum Gasteiger partial charge on any atom is 0.194 e. The van der Waals surface area contributed by atoms with Gasteiger partial charge in [0.25, 0.3) is 0 Å². The average molecular weight is 451 g/mol. The number of ether oxygens (including phenoxy) is 2. The normalized spacial score (nSPS) is 17.6. The van der Waals surface area contributed by atoms with E-state index in [9.17, 15) is 0 Å². The Hall–Kier alpha value is -1.94. The number of nitrogens with zero attached hydrogens (tertiary/aromatic N) is 4. The van der Waals surface area contributed by atoms with E-state index in [2.05, 4.69) is 42.9 Å². The molecule has 3 aromatic rings. The van der Waals surface area contributed by atoms with Crippen molar-refractivity contribution in [3.63, 3.8) is 0 Å². The number of hydrogen-bond donors (Lipinski definition) is 1. The highest BCUT2D eigenvalue weighted by atomic mass is 127. The number of methoxy groups -OCH3 is 1. The van der Waals surface area contributed by atoms with E-state index in [1.807, 2.05) is 28.8 Å². The van der Waals surface area contributed by atoms with Gasteiger partial charge in [0, 0.05) is 41.0 Å². The lowest BCUT2D eigenvalue weighted by Gasteiger charge is -2.23. The molecule has 1 N–H and O–H groups in total. The number of imidazole rings is 1. The van der Waals surface area contributed by atoms with Crippen molar-refractivity contribution >= 4 is 45.3 Å². The fraction of sp³-hybridized carbons (Fsp3) is 0.353. The Bertz CT molecular complexity index is 892. The van der Waals surface area contributed by atoms with E-state index in [1.165, 1.54) is 0 Å². The van der Waals surface area contributed by atoms with Crippen molar-refractivity contribution in [2.24, 2.45) is 0 Å². The number of hydrogen-bond acceptors (Lipinski definition) is 6. The zero-order chi connectivity index (χ0) is 17.2. The van der Waals surface area contributed by atoms with Crippen molar-refractivity contribution in [2.75, 3.05) is 19.0 Å². The Morgan fingerprint density at radius 3 is 3.04 bits per heavy atom. The molecule has 0 saturated carbocycles. The summed E-state index contributed by atoms with van der Waals surface area (Å²) < 4.78 is 13.8. The Morgan fingerprint density at radius 2 is 2.24 bits per heavy atom. The lowest BCUT2D eigenvalue weighted by molar-refractivity contribution is -0.0298. The lowest BCUT2D eigenvalue weighted by atomic mass is 10.2. The molecule has 4 rings (SSSR count). The summed E-state index contributed by atoms with van der Waals surface area (Å²) in [6, 6.07) is 7.71. The molecule has 0 aliphatic carbocycles. The molecule has 130 valence electrons. The van der Waals surface area contributed by atoms with E-state index in [4.69, 9.17) is 9.47 Å². The SMILES string of the molecule is COc1cccc(Nc2nc(I)nc3c2ncn3C2CCCCO2)c1. The number of anilines is 2. The summed E-state index contributed by atoms with van der Waals surface area (Å²) in [6.45, 7) is 0.779. The van der Waals surface area contributed by atoms with Gasteiger partial charge in [-0.05, 0) is 31.4 Å². The Balaban J connectivity index is 1.72. The van der Waals surface area contributed by atoms with Crippen LogP contribution in [0.2, 0.25) is 0 Å². The molecule has 25 heavy (non-hydrogen) atoms. The lowest BCUT2D eigenvalue weighted by Crippen LogP contribution is -2.18. The number of nitrogens with one attached hydrogen (secondary N) is 1. The van der Waals surface area contributed by atoms with Crippen molar-refractivity contribution in [1.29, 1.82) is 0 Å². The first-order valence-electron chi connectivity index (χ1n) is 8.17. The van der Waals surface area contributed by atoms with Crippen LogP contribution in [0.3, 0.4) is 0 Å². The largest absolute Gasteiger partial charge is 0.497 e. The van der Waals surface area contributed by atoms with Crippen LogP contribution in [-0.4, -0.2) is 33.2 Å². The molecule has 1 aliphatic rings. The first-order valence-corrected chi connectivity index (χ1v) is 9.25. The second-order valence-electron chi connectivity index (χ2n) is 5.84. The summed E-state index contributed by atoms with van der Waals surface area (Å²) in [5.41, 5.74) is 2.41. The molecule has 0 bridgehead atoms. The van der Waals surface area contributed by atoms with Crippen molar-refractivity contribution in [2.45, 2.75) is 25.5 Å². The van der Waals surface area contributed by atoms with Crippen molar-refractivity contribution in [3.05, 3.63) is 34.4 Å². The minimum absolute atomic E-state index is 0.00545. The molecule has 1 aliphatic heterocycles. The molecular formula is C17H18IN5O2. The van der Waals surface area contributed by atoms with Gasteiger partial charge >= 0.3 is 0 Å². The van der Waals surface area contributed by atoms with Gasteiger partial charge in [-0.25, -0.2) is 15.0 Å². The fourth-order valence-electron chi connectivity index (χ4n) is 2.97. The zero-order valence-electron chi connectivity index (χ0n) is 13.8. The highest BCUT2D eigenvalue weighted by Gasteiger charge is 2.21. The van der Waals surface area contributed by atoms with Crippen LogP contribution < -0.4 is 10.1 Å². The van der Waals surface area contributed by atoms with Gasteiger partial charge in [-0.2, -0.15) is 0 Å². The molecule has 1 fully saturated rings. The Morgan fingerprint density at radius 1 is 1.32 bits per heavy atom. The average Bonchev–Trinajstić information content (AvgIpc) is 3.06. The van der Waals surface area contributed by atoms with Gasteiger partial charge in [0.2, 0.25) is 0 Å². The molecule has 1 unspecified atom stereocenters. The predicted octanol–water partition coefficient (Wildman–Crippen LogP) is 3.88. The maximum atomic E-state index is 5.88. The molecule has 0 radical (unpaired) electrons. The smallest absolute Gasteiger partial charge is 0.194 e. The molecule has 2 aromatic heterocycles. The number of halogens is 1. The quantitative estimate of drug-likeness (QED) is 0.480. The summed E-state index contributed by atoms with van der Waals surface area (Å²) in [6.07, 6.45) is 5.03. The van der Waals surface area contributed by atoms with Crippen molar-refractivity contribution in [1.82, 2.24) is 19.5 Å². The molecular weight excluding hydrogens is 433 g/mol. The third-order valence-corrected chi connectivity index (χ3v) is 4.67. The Kier molecular flexibility index (Phi) is 4.71. The van der Waals surface area contributed by atoms with Gasteiger partial charge < -0.3 is 14.8 Å². The van der Waals surface area contributed by atoms with Crippen LogP contribution >= 0.6 is 22.6 Å². The molecule has 3 heterocycles. The summed E-state index contributed by atoms with van der Waals surface area (Å²) in [7, 11) is 1.65. The van der Waals surface area contributed by atoms with E-state index in [-0.39, 0.29) is 6.23 Å². The monoisotopic (exact) mass is 451 g/mol. The summed E-state index contributed by atoms with van der Waals surface area (Å²) in [5, 5.41) is 3.33. The van der Waals surface area contributed by atoms with Gasteiger partial charge in [0.1, 0.15) is 12.0 Å². The standard InChI is InChI=1S/C17H18IN5O2/c1-24-12-6-4-5-11(9-12)20-15-14-16(22-17(18)21-15)23(10-19-14)13-7-2-3-8-25-13/h4-6,9-10,13H,2-3,7-8H2,1H3,(H,20,21,22). The first-order chi connectivity index (χ1) is 12.2. The number of benzene rings is 1. The first kappa shape index (κ1) is 16.5. The second-order valence-corrected chi connectivity index (χ2v) is 6.81. The Labute approximate surface area is 158 Å². The van der Waals surface area contributed by atoms with Crippen LogP contribution in [0, 0.1) is 3.83 Å². The molecule has 0 amide bonds. The van der Waals surface area contributed by atoms with E-state index < -0.39 is 0 Å². The molecule has 0 spiro atoms. The molecule has 1 aromatic carbocycles. The van der Waals surface area contributed by atoms with E-state index in [0.29, 0.717) is 9.65 Å². The third-order valence-electron chi connectivity index (χ3n) is 4.19. The van der Waals surface area contributed by atoms with Crippen molar-refractivity contribution in [3.8, 4) is 5.75 Å². The number of aromatic nitrogens is 4. The third kappa shape index (κ3) is 3.40. The molecule has 1 saturated heterocycles. The van der Waals surface area contributed by atoms with Gasteiger partial charge in [-0.15, -0.1) is 0 Å². The highest BCUT2D eigenvalue weighted by molar-refractivity contribution is 14.1. The van der Waals surface area contributed by atoms with Crippen LogP contribution in [0.1, 0.15) is 25.5 Å². The zero-order valence-corrected chi connectivity index (χ0v) is 15.9. The van der Waals surface area contributed by atoms with Gasteiger partial charge in [0.15, 0.2) is 20.8 Å². The number of rotatable bonds is 4.